The standard InChI is InChI=1S/C13H18N4O2/c18-12(8-11-9-14-6-7-15-11)17-13(19)16-10-4-2-1-3-5-10/h1-5,11,14-15H,6-9H2,(H2,16,17,18,19). The molecule has 0 spiro atoms. The van der Waals surface area contributed by atoms with Crippen LogP contribution in [-0.4, -0.2) is 37.6 Å². The third-order valence-electron chi connectivity index (χ3n) is 2.84. The lowest BCUT2D eigenvalue weighted by Gasteiger charge is -2.23. The highest BCUT2D eigenvalue weighted by Crippen LogP contribution is 2.04. The largest absolute Gasteiger partial charge is 0.325 e. The summed E-state index contributed by atoms with van der Waals surface area (Å²) in [4.78, 5) is 23.3. The van der Waals surface area contributed by atoms with Crippen LogP contribution in [0.15, 0.2) is 30.3 Å². The molecule has 0 radical (unpaired) electrons. The maximum absolute atomic E-state index is 11.7. The second-order valence-electron chi connectivity index (χ2n) is 4.43. The van der Waals surface area contributed by atoms with Crippen LogP contribution in [0.5, 0.6) is 0 Å². The second kappa shape index (κ2) is 6.86. The minimum Gasteiger partial charge on any atom is -0.314 e. The van der Waals surface area contributed by atoms with E-state index in [1.807, 2.05) is 18.2 Å². The van der Waals surface area contributed by atoms with Gasteiger partial charge in [0, 0.05) is 37.8 Å². The Balaban J connectivity index is 1.74. The molecule has 1 aromatic rings. The van der Waals surface area contributed by atoms with E-state index in [2.05, 4.69) is 21.3 Å². The van der Waals surface area contributed by atoms with Crippen molar-refractivity contribution in [2.45, 2.75) is 12.5 Å². The summed E-state index contributed by atoms with van der Waals surface area (Å²) < 4.78 is 0. The van der Waals surface area contributed by atoms with Gasteiger partial charge in [-0.15, -0.1) is 0 Å². The van der Waals surface area contributed by atoms with Crippen LogP contribution in [0.1, 0.15) is 6.42 Å². The van der Waals surface area contributed by atoms with Crippen LogP contribution in [0.3, 0.4) is 0 Å². The monoisotopic (exact) mass is 262 g/mol. The Hall–Kier alpha value is -1.92. The summed E-state index contributed by atoms with van der Waals surface area (Å²) in [6.07, 6.45) is 0.287. The molecule has 19 heavy (non-hydrogen) atoms. The fourth-order valence-corrected chi connectivity index (χ4v) is 1.94. The zero-order valence-corrected chi connectivity index (χ0v) is 10.6. The lowest BCUT2D eigenvalue weighted by molar-refractivity contribution is -0.120. The normalized spacial score (nSPS) is 18.6. The van der Waals surface area contributed by atoms with E-state index in [4.69, 9.17) is 0 Å². The average molecular weight is 262 g/mol. The van der Waals surface area contributed by atoms with Crippen LogP contribution in [0, 0.1) is 0 Å². The number of anilines is 1. The molecule has 1 aliphatic heterocycles. The first-order chi connectivity index (χ1) is 9.24. The van der Waals surface area contributed by atoms with Gasteiger partial charge in [0.25, 0.3) is 0 Å². The lowest BCUT2D eigenvalue weighted by atomic mass is 10.1. The van der Waals surface area contributed by atoms with E-state index in [0.29, 0.717) is 5.69 Å². The van der Waals surface area contributed by atoms with E-state index in [9.17, 15) is 9.59 Å². The van der Waals surface area contributed by atoms with E-state index < -0.39 is 6.03 Å². The van der Waals surface area contributed by atoms with Crippen molar-refractivity contribution in [1.82, 2.24) is 16.0 Å². The summed E-state index contributed by atoms with van der Waals surface area (Å²) in [5.74, 6) is -0.283. The van der Waals surface area contributed by atoms with E-state index in [1.165, 1.54) is 0 Å². The maximum atomic E-state index is 11.7. The number of imide groups is 1. The van der Waals surface area contributed by atoms with Gasteiger partial charge in [-0.3, -0.25) is 10.1 Å². The van der Waals surface area contributed by atoms with Crippen molar-refractivity contribution in [3.8, 4) is 0 Å². The topological polar surface area (TPSA) is 82.3 Å². The number of rotatable bonds is 3. The molecule has 3 amide bonds. The molecule has 0 aromatic heterocycles. The fraction of sp³-hybridized carbons (Fsp3) is 0.385. The Kier molecular flexibility index (Phi) is 4.88. The molecule has 1 aliphatic rings. The number of hydrogen-bond acceptors (Lipinski definition) is 4. The van der Waals surface area contributed by atoms with Crippen LogP contribution in [-0.2, 0) is 4.79 Å². The van der Waals surface area contributed by atoms with E-state index in [1.54, 1.807) is 12.1 Å². The van der Waals surface area contributed by atoms with E-state index >= 15 is 0 Å². The summed E-state index contributed by atoms with van der Waals surface area (Å²) in [5.41, 5.74) is 0.658. The molecule has 6 nitrogen and oxygen atoms in total. The number of para-hydroxylation sites is 1. The number of urea groups is 1. The molecule has 1 atom stereocenters. The van der Waals surface area contributed by atoms with Gasteiger partial charge in [-0.1, -0.05) is 18.2 Å². The molecule has 0 saturated carbocycles. The van der Waals surface area contributed by atoms with Gasteiger partial charge >= 0.3 is 6.03 Å². The Morgan fingerprint density at radius 3 is 2.68 bits per heavy atom. The highest BCUT2D eigenvalue weighted by atomic mass is 16.2. The molecule has 102 valence electrons. The first-order valence-electron chi connectivity index (χ1n) is 6.34. The number of carbonyl (C=O) groups is 2. The zero-order valence-electron chi connectivity index (χ0n) is 10.6. The third kappa shape index (κ3) is 4.69. The van der Waals surface area contributed by atoms with Crippen molar-refractivity contribution in [3.63, 3.8) is 0 Å². The van der Waals surface area contributed by atoms with Crippen LogP contribution in [0.4, 0.5) is 10.5 Å². The number of piperazine rings is 1. The highest BCUT2D eigenvalue weighted by molar-refractivity contribution is 6.01. The first kappa shape index (κ1) is 13.5. The molecule has 2 rings (SSSR count). The molecule has 1 fully saturated rings. The summed E-state index contributed by atoms with van der Waals surface area (Å²) >= 11 is 0. The Labute approximate surface area is 112 Å². The van der Waals surface area contributed by atoms with Crippen LogP contribution < -0.4 is 21.3 Å². The smallest absolute Gasteiger partial charge is 0.314 e. The van der Waals surface area contributed by atoms with Crippen molar-refractivity contribution in [2.75, 3.05) is 25.0 Å². The van der Waals surface area contributed by atoms with E-state index in [0.717, 1.165) is 19.6 Å². The van der Waals surface area contributed by atoms with Crippen molar-refractivity contribution >= 4 is 17.6 Å². The first-order valence-corrected chi connectivity index (χ1v) is 6.34. The van der Waals surface area contributed by atoms with Gasteiger partial charge in [-0.25, -0.2) is 4.79 Å². The zero-order chi connectivity index (χ0) is 13.5. The van der Waals surface area contributed by atoms with Crippen molar-refractivity contribution in [1.29, 1.82) is 0 Å². The van der Waals surface area contributed by atoms with Gasteiger partial charge in [0.2, 0.25) is 5.91 Å². The highest BCUT2D eigenvalue weighted by Gasteiger charge is 2.17. The summed E-state index contributed by atoms with van der Waals surface area (Å²) in [7, 11) is 0. The fourth-order valence-electron chi connectivity index (χ4n) is 1.94. The molecule has 1 heterocycles. The summed E-state index contributed by atoms with van der Waals surface area (Å²) in [6, 6.07) is 8.59. The van der Waals surface area contributed by atoms with Crippen molar-refractivity contribution in [3.05, 3.63) is 30.3 Å². The Morgan fingerprint density at radius 1 is 1.21 bits per heavy atom. The Morgan fingerprint density at radius 2 is 2.00 bits per heavy atom. The number of carbonyl (C=O) groups excluding carboxylic acids is 2. The minimum atomic E-state index is -0.500. The lowest BCUT2D eigenvalue weighted by Crippen LogP contribution is -2.50. The average Bonchev–Trinajstić information content (AvgIpc) is 2.40. The van der Waals surface area contributed by atoms with Gasteiger partial charge in [-0.05, 0) is 12.1 Å². The van der Waals surface area contributed by atoms with Crippen molar-refractivity contribution < 1.29 is 9.59 Å². The molecule has 1 unspecified atom stereocenters. The van der Waals surface area contributed by atoms with Crippen LogP contribution >= 0.6 is 0 Å². The number of hydrogen-bond donors (Lipinski definition) is 4. The van der Waals surface area contributed by atoms with Crippen molar-refractivity contribution in [2.24, 2.45) is 0 Å². The number of nitrogens with one attached hydrogen (secondary N) is 4. The quantitative estimate of drug-likeness (QED) is 0.631. The third-order valence-corrected chi connectivity index (χ3v) is 2.84. The van der Waals surface area contributed by atoms with E-state index in [-0.39, 0.29) is 18.4 Å². The van der Waals surface area contributed by atoms with Gasteiger partial charge in [0.15, 0.2) is 0 Å². The predicted molar refractivity (Wildman–Crippen MR) is 72.9 cm³/mol. The van der Waals surface area contributed by atoms with Crippen LogP contribution in [0.2, 0.25) is 0 Å². The van der Waals surface area contributed by atoms with Gasteiger partial charge in [0.1, 0.15) is 0 Å². The molecule has 1 saturated heterocycles. The summed E-state index contributed by atoms with van der Waals surface area (Å²) in [6.45, 7) is 2.49. The van der Waals surface area contributed by atoms with Gasteiger partial charge in [0.05, 0.1) is 0 Å². The van der Waals surface area contributed by atoms with Crippen LogP contribution in [0.25, 0.3) is 0 Å². The number of amides is 3. The van der Waals surface area contributed by atoms with Gasteiger partial charge < -0.3 is 16.0 Å². The predicted octanol–water partition coefficient (Wildman–Crippen LogP) is 0.286. The molecule has 0 aliphatic carbocycles. The Bertz CT molecular complexity index is 430. The molecule has 4 N–H and O–H groups in total. The minimum absolute atomic E-state index is 0.0817. The number of benzene rings is 1. The molecule has 1 aromatic carbocycles. The molecule has 0 bridgehead atoms. The second-order valence-corrected chi connectivity index (χ2v) is 4.43. The molecular formula is C13H18N4O2. The SMILES string of the molecule is O=C(CC1CNCCN1)NC(=O)Nc1ccccc1. The molecular weight excluding hydrogens is 244 g/mol. The van der Waals surface area contributed by atoms with Gasteiger partial charge in [-0.2, -0.15) is 0 Å². The molecule has 6 heteroatoms. The maximum Gasteiger partial charge on any atom is 0.325 e. The summed E-state index contributed by atoms with van der Waals surface area (Å²) in [5, 5.41) is 11.3.